The molecule has 0 saturated carbocycles. The summed E-state index contributed by atoms with van der Waals surface area (Å²) in [5, 5.41) is 0. The summed E-state index contributed by atoms with van der Waals surface area (Å²) in [4.78, 5) is 10.6. The molecule has 0 N–H and O–H groups in total. The highest BCUT2D eigenvalue weighted by Crippen LogP contribution is 1.97. The van der Waals surface area contributed by atoms with Crippen LogP contribution in [0.5, 0.6) is 0 Å². The van der Waals surface area contributed by atoms with E-state index in [2.05, 4.69) is 0 Å². The van der Waals surface area contributed by atoms with Crippen molar-refractivity contribution in [2.75, 3.05) is 0 Å². The van der Waals surface area contributed by atoms with Crippen molar-refractivity contribution in [2.24, 2.45) is 0 Å². The van der Waals surface area contributed by atoms with Crippen molar-refractivity contribution in [3.8, 4) is 0 Å². The topological polar surface area (TPSA) is 17.1 Å². The van der Waals surface area contributed by atoms with Gasteiger partial charge in [-0.2, -0.15) is 0 Å². The van der Waals surface area contributed by atoms with Crippen molar-refractivity contribution in [1.82, 2.24) is 0 Å². The third-order valence-electron chi connectivity index (χ3n) is 1.07. The molecule has 0 bridgehead atoms. The van der Waals surface area contributed by atoms with Gasteiger partial charge in [0.1, 0.15) is 5.78 Å². The normalized spacial score (nSPS) is 18.8. The summed E-state index contributed by atoms with van der Waals surface area (Å²) < 4.78 is 0. The first-order valence-electron chi connectivity index (χ1n) is 2.73. The van der Waals surface area contributed by atoms with Gasteiger partial charge in [-0.05, 0) is 0 Å². The summed E-state index contributed by atoms with van der Waals surface area (Å²) in [7, 11) is 0. The van der Waals surface area contributed by atoms with E-state index in [1.54, 1.807) is 0 Å². The van der Waals surface area contributed by atoms with Gasteiger partial charge in [0.2, 0.25) is 0 Å². The molecular formula is C7H8O. The summed E-state index contributed by atoms with van der Waals surface area (Å²) in [5.74, 6) is 0.301. The third-order valence-corrected chi connectivity index (χ3v) is 1.07. The second kappa shape index (κ2) is 2.46. The Bertz CT molecular complexity index is 126. The van der Waals surface area contributed by atoms with Crippen LogP contribution in [0.25, 0.3) is 0 Å². The minimum absolute atomic E-state index is 0.301. The molecule has 0 heterocycles. The van der Waals surface area contributed by atoms with Crippen LogP contribution < -0.4 is 0 Å². The molecule has 1 aliphatic carbocycles. The number of Topliss-reactive ketones (excluding diaryl/α,β-unsaturated/α-hetero) is 1. The summed E-state index contributed by atoms with van der Waals surface area (Å²) >= 11 is 0. The maximum atomic E-state index is 10.6. The molecule has 0 aliphatic heterocycles. The average molecular weight is 108 g/mol. The fraction of sp³-hybridized carbons (Fsp3) is 0.286. The highest BCUT2D eigenvalue weighted by Gasteiger charge is 1.95. The van der Waals surface area contributed by atoms with E-state index in [-0.39, 0.29) is 0 Å². The molecule has 1 rings (SSSR count). The van der Waals surface area contributed by atoms with Gasteiger partial charge in [-0.3, -0.25) is 4.79 Å². The first-order valence-corrected chi connectivity index (χ1v) is 2.73. The Morgan fingerprint density at radius 2 is 1.62 bits per heavy atom. The van der Waals surface area contributed by atoms with Gasteiger partial charge in [0.15, 0.2) is 0 Å². The number of allylic oxidation sites excluding steroid dienone is 4. The van der Waals surface area contributed by atoms with Gasteiger partial charge < -0.3 is 0 Å². The van der Waals surface area contributed by atoms with E-state index in [0.29, 0.717) is 18.6 Å². The van der Waals surface area contributed by atoms with E-state index in [9.17, 15) is 4.79 Å². The van der Waals surface area contributed by atoms with Crippen molar-refractivity contribution in [3.63, 3.8) is 0 Å². The first kappa shape index (κ1) is 5.29. The Morgan fingerprint density at radius 3 is 2.12 bits per heavy atom. The molecule has 42 valence electrons. The predicted molar refractivity (Wildman–Crippen MR) is 32.5 cm³/mol. The van der Waals surface area contributed by atoms with E-state index < -0.39 is 0 Å². The number of hydrogen-bond donors (Lipinski definition) is 0. The number of carbonyl (C=O) groups is 1. The average Bonchev–Trinajstić information content (AvgIpc) is 1.94. The molecule has 0 unspecified atom stereocenters. The maximum absolute atomic E-state index is 10.6. The molecule has 0 atom stereocenters. The maximum Gasteiger partial charge on any atom is 0.140 e. The fourth-order valence-electron chi connectivity index (χ4n) is 0.639. The first-order chi connectivity index (χ1) is 3.89. The van der Waals surface area contributed by atoms with E-state index in [1.165, 1.54) is 0 Å². The van der Waals surface area contributed by atoms with Crippen LogP contribution in [0.3, 0.4) is 0 Å². The van der Waals surface area contributed by atoms with E-state index in [0.717, 1.165) is 0 Å². The minimum Gasteiger partial charge on any atom is -0.299 e. The molecule has 0 radical (unpaired) electrons. The standard InChI is InChI=1S/C7H8O/c8-7-5-3-1-2-4-6-7/h1-4H,5-6H2. The Labute approximate surface area is 48.7 Å². The van der Waals surface area contributed by atoms with Crippen molar-refractivity contribution < 1.29 is 4.79 Å². The third kappa shape index (κ3) is 1.34. The molecule has 0 fully saturated rings. The summed E-state index contributed by atoms with van der Waals surface area (Å²) in [6.07, 6.45) is 8.79. The van der Waals surface area contributed by atoms with Gasteiger partial charge in [0, 0.05) is 12.8 Å². The van der Waals surface area contributed by atoms with E-state index >= 15 is 0 Å². The Kier molecular flexibility index (Phi) is 1.62. The fourth-order valence-corrected chi connectivity index (χ4v) is 0.639. The van der Waals surface area contributed by atoms with Crippen LogP contribution in [0, 0.1) is 0 Å². The number of ketones is 1. The minimum atomic E-state index is 0.301. The lowest BCUT2D eigenvalue weighted by molar-refractivity contribution is -0.117. The SMILES string of the molecule is O=C1CC=CC=CC1. The molecule has 8 heavy (non-hydrogen) atoms. The number of rotatable bonds is 0. The van der Waals surface area contributed by atoms with Gasteiger partial charge in [-0.25, -0.2) is 0 Å². The zero-order chi connectivity index (χ0) is 5.82. The highest BCUT2D eigenvalue weighted by atomic mass is 16.1. The van der Waals surface area contributed by atoms with Gasteiger partial charge >= 0.3 is 0 Å². The van der Waals surface area contributed by atoms with E-state index in [1.807, 2.05) is 24.3 Å². The molecule has 0 amide bonds. The van der Waals surface area contributed by atoms with Crippen LogP contribution >= 0.6 is 0 Å². The van der Waals surface area contributed by atoms with Crippen LogP contribution in [-0.2, 0) is 4.79 Å². The van der Waals surface area contributed by atoms with Crippen molar-refractivity contribution in [1.29, 1.82) is 0 Å². The molecule has 1 nitrogen and oxygen atoms in total. The zero-order valence-corrected chi connectivity index (χ0v) is 4.63. The summed E-state index contributed by atoms with van der Waals surface area (Å²) in [6, 6.07) is 0. The van der Waals surface area contributed by atoms with Crippen LogP contribution in [0.4, 0.5) is 0 Å². The van der Waals surface area contributed by atoms with Crippen LogP contribution in [0.15, 0.2) is 24.3 Å². The lowest BCUT2D eigenvalue weighted by atomic mass is 10.2. The van der Waals surface area contributed by atoms with E-state index in [4.69, 9.17) is 0 Å². The Hall–Kier alpha value is -0.850. The van der Waals surface area contributed by atoms with Crippen LogP contribution in [0.2, 0.25) is 0 Å². The van der Waals surface area contributed by atoms with Crippen molar-refractivity contribution in [3.05, 3.63) is 24.3 Å². The lowest BCUT2D eigenvalue weighted by Gasteiger charge is -1.83. The summed E-state index contributed by atoms with van der Waals surface area (Å²) in [5.41, 5.74) is 0. The van der Waals surface area contributed by atoms with Crippen LogP contribution in [0.1, 0.15) is 12.8 Å². The highest BCUT2D eigenvalue weighted by molar-refractivity contribution is 5.81. The Balaban J connectivity index is 2.58. The number of hydrogen-bond acceptors (Lipinski definition) is 1. The lowest BCUT2D eigenvalue weighted by Crippen LogP contribution is -1.89. The Morgan fingerprint density at radius 1 is 1.12 bits per heavy atom. The molecule has 0 spiro atoms. The quantitative estimate of drug-likeness (QED) is 0.459. The van der Waals surface area contributed by atoms with Gasteiger partial charge in [0.05, 0.1) is 0 Å². The van der Waals surface area contributed by atoms with Gasteiger partial charge in [-0.15, -0.1) is 0 Å². The summed E-state index contributed by atoms with van der Waals surface area (Å²) in [6.45, 7) is 0. The molecule has 1 aliphatic rings. The second-order valence-electron chi connectivity index (χ2n) is 1.80. The molecule has 0 aromatic carbocycles. The zero-order valence-electron chi connectivity index (χ0n) is 4.63. The molecular weight excluding hydrogens is 100 g/mol. The number of carbonyl (C=O) groups excluding carboxylic acids is 1. The predicted octanol–water partition coefficient (Wildman–Crippen LogP) is 1.46. The van der Waals surface area contributed by atoms with Gasteiger partial charge in [-0.1, -0.05) is 24.3 Å². The smallest absolute Gasteiger partial charge is 0.140 e. The van der Waals surface area contributed by atoms with Crippen LogP contribution in [-0.4, -0.2) is 5.78 Å². The molecule has 0 aromatic rings. The molecule has 1 heteroatoms. The second-order valence-corrected chi connectivity index (χ2v) is 1.80. The molecule has 0 saturated heterocycles. The largest absolute Gasteiger partial charge is 0.299 e. The van der Waals surface area contributed by atoms with Crippen molar-refractivity contribution >= 4 is 5.78 Å². The molecule has 0 aromatic heterocycles. The monoisotopic (exact) mass is 108 g/mol. The van der Waals surface area contributed by atoms with Crippen molar-refractivity contribution in [2.45, 2.75) is 12.8 Å². The van der Waals surface area contributed by atoms with Gasteiger partial charge in [0.25, 0.3) is 0 Å².